The summed E-state index contributed by atoms with van der Waals surface area (Å²) in [5, 5.41) is 0. The highest BCUT2D eigenvalue weighted by molar-refractivity contribution is 5.81. The van der Waals surface area contributed by atoms with Gasteiger partial charge in [-0.15, -0.1) is 0 Å². The van der Waals surface area contributed by atoms with E-state index in [2.05, 4.69) is 23.7 Å². The standard InChI is InChI=1S/C11H21N3O/c1-3-11(2)8-13-10(12)14(11)7-9-5-4-6-15-9/h9H,3-8H2,1-2H3,(H2,12,13). The zero-order chi connectivity index (χ0) is 10.9. The molecule has 0 bridgehead atoms. The number of rotatable bonds is 3. The molecule has 0 saturated carbocycles. The van der Waals surface area contributed by atoms with E-state index < -0.39 is 0 Å². The van der Waals surface area contributed by atoms with Crippen LogP contribution in [0.3, 0.4) is 0 Å². The van der Waals surface area contributed by atoms with E-state index in [1.807, 2.05) is 0 Å². The van der Waals surface area contributed by atoms with E-state index in [-0.39, 0.29) is 5.54 Å². The molecule has 15 heavy (non-hydrogen) atoms. The zero-order valence-corrected chi connectivity index (χ0v) is 9.70. The summed E-state index contributed by atoms with van der Waals surface area (Å²) in [6.07, 6.45) is 3.76. The van der Waals surface area contributed by atoms with E-state index in [9.17, 15) is 0 Å². The molecule has 2 atom stereocenters. The normalized spacial score (nSPS) is 36.0. The van der Waals surface area contributed by atoms with Gasteiger partial charge < -0.3 is 15.4 Å². The van der Waals surface area contributed by atoms with Gasteiger partial charge >= 0.3 is 0 Å². The minimum absolute atomic E-state index is 0.107. The molecule has 2 N–H and O–H groups in total. The second-order valence-electron chi connectivity index (χ2n) is 4.77. The average molecular weight is 211 g/mol. The molecule has 1 saturated heterocycles. The fourth-order valence-electron chi connectivity index (χ4n) is 2.31. The largest absolute Gasteiger partial charge is 0.376 e. The number of ether oxygens (including phenoxy) is 1. The molecule has 0 amide bonds. The van der Waals surface area contributed by atoms with E-state index >= 15 is 0 Å². The van der Waals surface area contributed by atoms with Crippen molar-refractivity contribution in [1.29, 1.82) is 0 Å². The summed E-state index contributed by atoms with van der Waals surface area (Å²) >= 11 is 0. The number of aliphatic imine (C=N–C) groups is 1. The molecule has 1 fully saturated rings. The molecule has 2 heterocycles. The summed E-state index contributed by atoms with van der Waals surface area (Å²) in [5.74, 6) is 0.690. The molecule has 4 heteroatoms. The number of hydrogen-bond acceptors (Lipinski definition) is 4. The van der Waals surface area contributed by atoms with Crippen LogP contribution in [0.2, 0.25) is 0 Å². The van der Waals surface area contributed by atoms with Gasteiger partial charge in [-0.3, -0.25) is 4.99 Å². The van der Waals surface area contributed by atoms with Gasteiger partial charge in [-0.2, -0.15) is 0 Å². The number of guanidine groups is 1. The highest BCUT2D eigenvalue weighted by Crippen LogP contribution is 2.26. The fraction of sp³-hybridized carbons (Fsp3) is 0.909. The topological polar surface area (TPSA) is 50.8 Å². The third kappa shape index (κ3) is 1.95. The molecule has 86 valence electrons. The van der Waals surface area contributed by atoms with Crippen LogP contribution in [-0.4, -0.2) is 42.2 Å². The summed E-state index contributed by atoms with van der Waals surface area (Å²) in [5.41, 5.74) is 6.04. The van der Waals surface area contributed by atoms with Crippen molar-refractivity contribution in [2.24, 2.45) is 10.7 Å². The van der Waals surface area contributed by atoms with Crippen LogP contribution in [-0.2, 0) is 4.74 Å². The van der Waals surface area contributed by atoms with Crippen LogP contribution in [0, 0.1) is 0 Å². The number of nitrogens with two attached hydrogens (primary N) is 1. The highest BCUT2D eigenvalue weighted by atomic mass is 16.5. The predicted molar refractivity (Wildman–Crippen MR) is 60.9 cm³/mol. The average Bonchev–Trinajstić information content (AvgIpc) is 2.82. The van der Waals surface area contributed by atoms with Crippen molar-refractivity contribution in [1.82, 2.24) is 4.90 Å². The predicted octanol–water partition coefficient (Wildman–Crippen LogP) is 0.964. The molecule has 2 aliphatic heterocycles. The summed E-state index contributed by atoms with van der Waals surface area (Å²) in [6, 6.07) is 0. The summed E-state index contributed by atoms with van der Waals surface area (Å²) in [6.45, 7) is 7.04. The second kappa shape index (κ2) is 4.00. The van der Waals surface area contributed by atoms with Gasteiger partial charge in [0.25, 0.3) is 0 Å². The van der Waals surface area contributed by atoms with E-state index in [1.54, 1.807) is 0 Å². The van der Waals surface area contributed by atoms with Crippen molar-refractivity contribution in [3.8, 4) is 0 Å². The zero-order valence-electron chi connectivity index (χ0n) is 9.70. The van der Waals surface area contributed by atoms with Gasteiger partial charge in [0.1, 0.15) is 0 Å². The summed E-state index contributed by atoms with van der Waals surface area (Å²) in [4.78, 5) is 6.57. The van der Waals surface area contributed by atoms with E-state index in [4.69, 9.17) is 10.5 Å². The molecule has 2 unspecified atom stereocenters. The molecule has 4 nitrogen and oxygen atoms in total. The Labute approximate surface area is 91.5 Å². The van der Waals surface area contributed by atoms with Crippen molar-refractivity contribution in [2.45, 2.75) is 44.8 Å². The number of nitrogens with zero attached hydrogens (tertiary/aromatic N) is 2. The Morgan fingerprint density at radius 2 is 2.47 bits per heavy atom. The highest BCUT2D eigenvalue weighted by Gasteiger charge is 2.37. The Hall–Kier alpha value is -0.770. The van der Waals surface area contributed by atoms with Crippen molar-refractivity contribution in [2.75, 3.05) is 19.7 Å². The maximum absolute atomic E-state index is 5.93. The Balaban J connectivity index is 2.01. The quantitative estimate of drug-likeness (QED) is 0.756. The van der Waals surface area contributed by atoms with E-state index in [1.165, 1.54) is 6.42 Å². The first kappa shape index (κ1) is 10.7. The molecule has 0 aromatic heterocycles. The van der Waals surface area contributed by atoms with Crippen LogP contribution in [0.25, 0.3) is 0 Å². The van der Waals surface area contributed by atoms with Crippen LogP contribution >= 0.6 is 0 Å². The van der Waals surface area contributed by atoms with Gasteiger partial charge in [0.15, 0.2) is 5.96 Å². The van der Waals surface area contributed by atoms with Gasteiger partial charge in [0.05, 0.1) is 18.2 Å². The first-order valence-electron chi connectivity index (χ1n) is 5.85. The Morgan fingerprint density at radius 1 is 1.67 bits per heavy atom. The Morgan fingerprint density at radius 3 is 3.07 bits per heavy atom. The molecule has 2 aliphatic rings. The minimum atomic E-state index is 0.107. The smallest absolute Gasteiger partial charge is 0.191 e. The third-order valence-electron chi connectivity index (χ3n) is 3.68. The van der Waals surface area contributed by atoms with E-state index in [0.717, 1.165) is 32.5 Å². The monoisotopic (exact) mass is 211 g/mol. The number of hydrogen-bond donors (Lipinski definition) is 1. The minimum Gasteiger partial charge on any atom is -0.376 e. The lowest BCUT2D eigenvalue weighted by atomic mass is 9.97. The van der Waals surface area contributed by atoms with Gasteiger partial charge in [0, 0.05) is 13.2 Å². The maximum Gasteiger partial charge on any atom is 0.191 e. The van der Waals surface area contributed by atoms with E-state index in [0.29, 0.717) is 12.1 Å². The van der Waals surface area contributed by atoms with Gasteiger partial charge in [0.2, 0.25) is 0 Å². The van der Waals surface area contributed by atoms with Gasteiger partial charge in [-0.25, -0.2) is 0 Å². The maximum atomic E-state index is 5.93. The lowest BCUT2D eigenvalue weighted by molar-refractivity contribution is 0.0686. The Kier molecular flexibility index (Phi) is 2.87. The van der Waals surface area contributed by atoms with Crippen LogP contribution < -0.4 is 5.73 Å². The molecule has 0 aromatic carbocycles. The van der Waals surface area contributed by atoms with Crippen molar-refractivity contribution in [3.63, 3.8) is 0 Å². The summed E-state index contributed by atoms with van der Waals surface area (Å²) < 4.78 is 5.65. The lowest BCUT2D eigenvalue weighted by Crippen LogP contribution is -2.51. The fourth-order valence-corrected chi connectivity index (χ4v) is 2.31. The van der Waals surface area contributed by atoms with Crippen LogP contribution in [0.15, 0.2) is 4.99 Å². The molecule has 0 spiro atoms. The molecule has 2 rings (SSSR count). The molecule has 0 aliphatic carbocycles. The molecular weight excluding hydrogens is 190 g/mol. The van der Waals surface area contributed by atoms with Crippen LogP contribution in [0.4, 0.5) is 0 Å². The molecular formula is C11H21N3O. The first-order valence-corrected chi connectivity index (χ1v) is 5.85. The van der Waals surface area contributed by atoms with Gasteiger partial charge in [-0.1, -0.05) is 6.92 Å². The lowest BCUT2D eigenvalue weighted by Gasteiger charge is -2.36. The van der Waals surface area contributed by atoms with Gasteiger partial charge in [-0.05, 0) is 26.2 Å². The third-order valence-corrected chi connectivity index (χ3v) is 3.68. The summed E-state index contributed by atoms with van der Waals surface area (Å²) in [7, 11) is 0. The second-order valence-corrected chi connectivity index (χ2v) is 4.77. The van der Waals surface area contributed by atoms with Crippen LogP contribution in [0.5, 0.6) is 0 Å². The SMILES string of the molecule is CCC1(C)CN=C(N)N1CC1CCCO1. The first-order chi connectivity index (χ1) is 7.15. The van der Waals surface area contributed by atoms with Crippen LogP contribution in [0.1, 0.15) is 33.1 Å². The molecule has 0 radical (unpaired) electrons. The van der Waals surface area contributed by atoms with Crippen molar-refractivity contribution < 1.29 is 4.74 Å². The Bertz CT molecular complexity index is 261. The molecule has 0 aromatic rings. The van der Waals surface area contributed by atoms with Crippen molar-refractivity contribution >= 4 is 5.96 Å². The van der Waals surface area contributed by atoms with Crippen molar-refractivity contribution in [3.05, 3.63) is 0 Å².